The summed E-state index contributed by atoms with van der Waals surface area (Å²) < 4.78 is 5.90. The number of amides is 1. The van der Waals surface area contributed by atoms with Crippen LogP contribution in [0.3, 0.4) is 0 Å². The lowest BCUT2D eigenvalue weighted by Gasteiger charge is -2.26. The topological polar surface area (TPSA) is 87.7 Å². The number of esters is 1. The van der Waals surface area contributed by atoms with Gasteiger partial charge < -0.3 is 20.5 Å². The molecule has 3 aromatic carbocycles. The maximum atomic E-state index is 13.0. The molecule has 31 heavy (non-hydrogen) atoms. The van der Waals surface area contributed by atoms with Crippen LogP contribution in [0.15, 0.2) is 66.7 Å². The molecule has 1 heterocycles. The molecule has 0 radical (unpaired) electrons. The minimum absolute atomic E-state index is 0. The van der Waals surface area contributed by atoms with Crippen molar-refractivity contribution in [2.24, 2.45) is 0 Å². The molecular formula is C24H25ClN2O4. The Bertz CT molecular complexity index is 1050. The van der Waals surface area contributed by atoms with Crippen LogP contribution in [-0.4, -0.2) is 42.2 Å². The van der Waals surface area contributed by atoms with Crippen LogP contribution in [0.5, 0.6) is 5.75 Å². The second-order valence-electron chi connectivity index (χ2n) is 7.44. The van der Waals surface area contributed by atoms with Gasteiger partial charge in [0.1, 0.15) is 11.9 Å². The molecule has 0 spiro atoms. The van der Waals surface area contributed by atoms with Gasteiger partial charge in [0.25, 0.3) is 5.91 Å². The van der Waals surface area contributed by atoms with Gasteiger partial charge >= 0.3 is 5.97 Å². The highest BCUT2D eigenvalue weighted by Gasteiger charge is 2.29. The average molecular weight is 441 g/mol. The molecular weight excluding hydrogens is 416 g/mol. The van der Waals surface area contributed by atoms with Crippen molar-refractivity contribution >= 4 is 35.1 Å². The summed E-state index contributed by atoms with van der Waals surface area (Å²) in [6, 6.07) is 19.0. The lowest BCUT2D eigenvalue weighted by Crippen LogP contribution is -2.49. The number of carbonyl (C=O) groups excluding carboxylic acids is 2. The molecule has 3 aromatic rings. The van der Waals surface area contributed by atoms with Crippen molar-refractivity contribution in [1.82, 2.24) is 10.6 Å². The first-order chi connectivity index (χ1) is 14.6. The third kappa shape index (κ3) is 5.34. The number of rotatable bonds is 4. The Balaban J connectivity index is 0.00000272. The predicted octanol–water partition coefficient (Wildman–Crippen LogP) is 3.67. The summed E-state index contributed by atoms with van der Waals surface area (Å²) in [5, 5.41) is 17.5. The first-order valence-electron chi connectivity index (χ1n) is 10.1. The van der Waals surface area contributed by atoms with Crippen molar-refractivity contribution in [3.63, 3.8) is 0 Å². The molecule has 0 aliphatic carbocycles. The maximum Gasteiger partial charge on any atom is 0.339 e. The minimum Gasteiger partial charge on any atom is -0.508 e. The summed E-state index contributed by atoms with van der Waals surface area (Å²) in [5.41, 5.74) is 0.963. The summed E-state index contributed by atoms with van der Waals surface area (Å²) in [6.07, 6.45) is 1.07. The van der Waals surface area contributed by atoms with Crippen LogP contribution >= 0.6 is 12.4 Å². The number of nitrogens with one attached hydrogen (secondary N) is 2. The largest absolute Gasteiger partial charge is 0.508 e. The van der Waals surface area contributed by atoms with Crippen LogP contribution in [-0.2, 0) is 4.74 Å². The number of phenolic OH excluding ortho intramolecular Hbond substituents is 1. The molecule has 0 saturated carbocycles. The predicted molar refractivity (Wildman–Crippen MR) is 122 cm³/mol. The minimum atomic E-state index is -0.437. The third-order valence-corrected chi connectivity index (χ3v) is 5.37. The molecule has 1 amide bonds. The Morgan fingerprint density at radius 2 is 1.74 bits per heavy atom. The molecule has 0 aromatic heterocycles. The third-order valence-electron chi connectivity index (χ3n) is 5.37. The van der Waals surface area contributed by atoms with E-state index in [0.29, 0.717) is 24.1 Å². The van der Waals surface area contributed by atoms with E-state index < -0.39 is 6.10 Å². The molecule has 162 valence electrons. The highest BCUT2D eigenvalue weighted by molar-refractivity contribution is 6.04. The molecule has 6 nitrogen and oxygen atoms in total. The molecule has 0 unspecified atom stereocenters. The highest BCUT2D eigenvalue weighted by Crippen LogP contribution is 2.21. The molecule has 4 rings (SSSR count). The number of hydrogen-bond acceptors (Lipinski definition) is 5. The number of halogens is 1. The van der Waals surface area contributed by atoms with Gasteiger partial charge in [0.05, 0.1) is 11.6 Å². The van der Waals surface area contributed by atoms with Gasteiger partial charge in [-0.2, -0.15) is 0 Å². The average Bonchev–Trinajstić information content (AvgIpc) is 2.98. The van der Waals surface area contributed by atoms with Gasteiger partial charge in [-0.1, -0.05) is 36.4 Å². The van der Waals surface area contributed by atoms with Crippen LogP contribution in [0, 0.1) is 0 Å². The van der Waals surface area contributed by atoms with Crippen molar-refractivity contribution in [3.05, 3.63) is 77.9 Å². The summed E-state index contributed by atoms with van der Waals surface area (Å²) in [6.45, 7) is 1.31. The first kappa shape index (κ1) is 22.6. The Kier molecular flexibility index (Phi) is 7.50. The molecule has 1 fully saturated rings. The summed E-state index contributed by atoms with van der Waals surface area (Å²) in [4.78, 5) is 25.6. The standard InChI is InChI=1S/C24H24N2O4.ClH/c27-18-12-10-17(11-13-18)23(28)26-21-15-25-14-4-9-22(21)30-24(29)20-8-3-6-16-5-1-2-7-19(16)20;/h1-3,5-8,10-13,21-22,25,27H,4,9,14-15H2,(H,26,28);1H/t21-,22-;/m1./s1. The van der Waals surface area contributed by atoms with E-state index in [1.807, 2.05) is 36.4 Å². The van der Waals surface area contributed by atoms with E-state index in [0.717, 1.165) is 23.7 Å². The SMILES string of the molecule is Cl.O=C(N[C@@H]1CNCCC[C@H]1OC(=O)c1cccc2ccccc12)c1ccc(O)cc1. The van der Waals surface area contributed by atoms with Crippen molar-refractivity contribution in [2.75, 3.05) is 13.1 Å². The fourth-order valence-corrected chi connectivity index (χ4v) is 3.77. The number of fused-ring (bicyclic) bond motifs is 1. The number of aromatic hydroxyl groups is 1. The summed E-state index contributed by atoms with van der Waals surface area (Å²) >= 11 is 0. The van der Waals surface area contributed by atoms with Crippen molar-refractivity contribution < 1.29 is 19.4 Å². The van der Waals surface area contributed by atoms with Crippen molar-refractivity contribution in [1.29, 1.82) is 0 Å². The zero-order valence-electron chi connectivity index (χ0n) is 16.9. The second kappa shape index (κ2) is 10.3. The molecule has 1 aliphatic heterocycles. The molecule has 7 heteroatoms. The van der Waals surface area contributed by atoms with E-state index in [-0.39, 0.29) is 36.1 Å². The van der Waals surface area contributed by atoms with E-state index in [4.69, 9.17) is 4.74 Å². The van der Waals surface area contributed by atoms with Gasteiger partial charge in [-0.25, -0.2) is 4.79 Å². The quantitative estimate of drug-likeness (QED) is 0.539. The zero-order chi connectivity index (χ0) is 20.9. The number of benzene rings is 3. The lowest BCUT2D eigenvalue weighted by atomic mass is 10.0. The van der Waals surface area contributed by atoms with E-state index in [1.165, 1.54) is 12.1 Å². The van der Waals surface area contributed by atoms with E-state index in [2.05, 4.69) is 10.6 Å². The monoisotopic (exact) mass is 440 g/mol. The van der Waals surface area contributed by atoms with Gasteiger partial charge in [0.15, 0.2) is 0 Å². The van der Waals surface area contributed by atoms with E-state index in [9.17, 15) is 14.7 Å². The number of ether oxygens (including phenoxy) is 1. The van der Waals surface area contributed by atoms with Crippen molar-refractivity contribution in [3.8, 4) is 5.75 Å². The fourth-order valence-electron chi connectivity index (χ4n) is 3.77. The second-order valence-corrected chi connectivity index (χ2v) is 7.44. The maximum absolute atomic E-state index is 13.0. The number of hydrogen-bond donors (Lipinski definition) is 3. The van der Waals surface area contributed by atoms with Gasteiger partial charge in [-0.05, 0) is 60.5 Å². The summed E-state index contributed by atoms with van der Waals surface area (Å²) in [7, 11) is 0. The van der Waals surface area contributed by atoms with Crippen LogP contribution in [0.25, 0.3) is 10.8 Å². The summed E-state index contributed by atoms with van der Waals surface area (Å²) in [5.74, 6) is -0.554. The van der Waals surface area contributed by atoms with Crippen molar-refractivity contribution in [2.45, 2.75) is 25.0 Å². The van der Waals surface area contributed by atoms with Crippen LogP contribution < -0.4 is 10.6 Å². The molecule has 0 bridgehead atoms. The van der Waals surface area contributed by atoms with Crippen LogP contribution in [0.1, 0.15) is 33.6 Å². The zero-order valence-corrected chi connectivity index (χ0v) is 17.7. The van der Waals surface area contributed by atoms with Gasteiger partial charge in [-0.15, -0.1) is 12.4 Å². The fraction of sp³-hybridized carbons (Fsp3) is 0.250. The Morgan fingerprint density at radius 1 is 1.00 bits per heavy atom. The lowest BCUT2D eigenvalue weighted by molar-refractivity contribution is 0.0194. The molecule has 1 aliphatic rings. The normalized spacial score (nSPS) is 18.5. The van der Waals surface area contributed by atoms with Gasteiger partial charge in [0.2, 0.25) is 0 Å². The highest BCUT2D eigenvalue weighted by atomic mass is 35.5. The van der Waals surface area contributed by atoms with E-state index in [1.54, 1.807) is 18.2 Å². The van der Waals surface area contributed by atoms with Crippen LogP contribution in [0.2, 0.25) is 0 Å². The molecule has 2 atom stereocenters. The smallest absolute Gasteiger partial charge is 0.339 e. The Morgan fingerprint density at radius 3 is 2.55 bits per heavy atom. The van der Waals surface area contributed by atoms with Crippen LogP contribution in [0.4, 0.5) is 0 Å². The molecule has 3 N–H and O–H groups in total. The van der Waals surface area contributed by atoms with Gasteiger partial charge in [0, 0.05) is 12.1 Å². The van der Waals surface area contributed by atoms with E-state index >= 15 is 0 Å². The molecule has 1 saturated heterocycles. The number of phenols is 1. The van der Waals surface area contributed by atoms with Gasteiger partial charge in [-0.3, -0.25) is 4.79 Å². The number of carbonyl (C=O) groups is 2. The first-order valence-corrected chi connectivity index (χ1v) is 10.1. The Labute approximate surface area is 187 Å². The Hall–Kier alpha value is -3.09.